The average Bonchev–Trinajstić information content (AvgIpc) is 3.80. The number of thioether (sulfide) groups is 1. The van der Waals surface area contributed by atoms with Crippen molar-refractivity contribution in [2.45, 2.75) is 61.8 Å². The Morgan fingerprint density at radius 3 is 2.73 bits per heavy atom. The van der Waals surface area contributed by atoms with Crippen molar-refractivity contribution in [1.29, 1.82) is 0 Å². The van der Waals surface area contributed by atoms with E-state index in [0.717, 1.165) is 30.6 Å². The van der Waals surface area contributed by atoms with E-state index in [0.29, 0.717) is 40.0 Å². The molecule has 3 heterocycles. The summed E-state index contributed by atoms with van der Waals surface area (Å²) in [7, 11) is 0. The van der Waals surface area contributed by atoms with Crippen LogP contribution in [0.5, 0.6) is 11.5 Å². The van der Waals surface area contributed by atoms with Crippen LogP contribution < -0.4 is 14.4 Å². The van der Waals surface area contributed by atoms with Crippen LogP contribution in [0.1, 0.15) is 61.4 Å². The molecule has 7 rings (SSSR count). The number of rotatable bonds is 11. The highest BCUT2D eigenvalue weighted by molar-refractivity contribution is 8.00. The topological polar surface area (TPSA) is 102 Å². The number of unbranched alkanes of at least 4 members (excludes halogenated alkanes) is 2. The molecule has 5 aromatic rings. The van der Waals surface area contributed by atoms with Crippen molar-refractivity contribution in [1.82, 2.24) is 10.2 Å². The molecule has 1 fully saturated rings. The lowest BCUT2D eigenvalue weighted by atomic mass is 9.94. The molecule has 4 aromatic carbocycles. The summed E-state index contributed by atoms with van der Waals surface area (Å²) in [6, 6.07) is 26.2. The molecule has 0 bridgehead atoms. The number of aliphatic hydroxyl groups excluding tert-OH is 1. The first-order valence-corrected chi connectivity index (χ1v) is 18.0. The normalized spacial score (nSPS) is 18.3. The number of carbonyl (C=O) groups is 2. The van der Waals surface area contributed by atoms with Gasteiger partial charge in [-0.15, -0.1) is 10.2 Å². The number of aromatic nitrogens is 2. The lowest BCUT2D eigenvalue weighted by molar-refractivity contribution is -0.132. The van der Waals surface area contributed by atoms with Gasteiger partial charge in [0.2, 0.25) is 5.13 Å². The second-order valence-corrected chi connectivity index (χ2v) is 14.2. The first kappa shape index (κ1) is 31.9. The van der Waals surface area contributed by atoms with Gasteiger partial charge in [0.05, 0.1) is 18.2 Å². The van der Waals surface area contributed by atoms with E-state index in [1.54, 1.807) is 12.1 Å². The van der Waals surface area contributed by atoms with Gasteiger partial charge >= 0.3 is 5.91 Å². The van der Waals surface area contributed by atoms with Crippen molar-refractivity contribution in [3.05, 3.63) is 113 Å². The number of carbonyl (C=O) groups excluding carboxylic acids is 2. The van der Waals surface area contributed by atoms with Crippen LogP contribution in [-0.2, 0) is 21.8 Å². The molecule has 0 unspecified atom stereocenters. The van der Waals surface area contributed by atoms with Crippen LogP contribution in [0.4, 0.5) is 5.13 Å². The highest BCUT2D eigenvalue weighted by atomic mass is 32.2. The van der Waals surface area contributed by atoms with Crippen molar-refractivity contribution in [3.8, 4) is 11.5 Å². The second-order valence-electron chi connectivity index (χ2n) is 12.0. The van der Waals surface area contributed by atoms with Gasteiger partial charge in [0.1, 0.15) is 23.4 Å². The minimum absolute atomic E-state index is 0.00444. The fourth-order valence-electron chi connectivity index (χ4n) is 6.30. The molecule has 2 aliphatic rings. The van der Waals surface area contributed by atoms with Crippen molar-refractivity contribution >= 4 is 56.5 Å². The van der Waals surface area contributed by atoms with Crippen molar-refractivity contribution in [3.63, 3.8) is 0 Å². The number of ether oxygens (including phenoxy) is 2. The fraction of sp³-hybridized carbons (Fsp3) is 0.263. The minimum Gasteiger partial charge on any atom is -0.507 e. The zero-order valence-corrected chi connectivity index (χ0v) is 28.4. The van der Waals surface area contributed by atoms with Crippen molar-refractivity contribution in [2.75, 3.05) is 11.5 Å². The van der Waals surface area contributed by atoms with Gasteiger partial charge in [-0.25, -0.2) is 0 Å². The summed E-state index contributed by atoms with van der Waals surface area (Å²) in [4.78, 5) is 29.0. The standard InChI is InChI=1S/C38H35N3O5S2/c1-3-4-7-18-45-29-14-9-12-25(21-29)33-32(34(42)26-16-17-31-28(20-26)19-23(2)46-31)35(43)36(44)41(33)37-39-40-38(48-37)47-22-27-13-8-11-24-10-5-6-15-30(24)27/h5-6,8-17,20-21,23,33,42H,3-4,7,18-19,22H2,1-2H3/b34-32+/t23-,33-/m1/s1. The Hall–Kier alpha value is -4.67. The third kappa shape index (κ3) is 6.30. The number of nitrogens with zero attached hydrogens (tertiary/aromatic N) is 3. The predicted octanol–water partition coefficient (Wildman–Crippen LogP) is 8.50. The molecule has 8 nitrogen and oxygen atoms in total. The van der Waals surface area contributed by atoms with E-state index in [2.05, 4.69) is 41.4 Å². The van der Waals surface area contributed by atoms with Crippen LogP contribution in [0.25, 0.3) is 16.5 Å². The van der Waals surface area contributed by atoms with Crippen LogP contribution in [0.15, 0.2) is 94.8 Å². The number of hydrogen-bond donors (Lipinski definition) is 1. The summed E-state index contributed by atoms with van der Waals surface area (Å²) in [5, 5.41) is 23.2. The zero-order valence-electron chi connectivity index (χ0n) is 26.7. The van der Waals surface area contributed by atoms with E-state index >= 15 is 0 Å². The average molecular weight is 678 g/mol. The van der Waals surface area contributed by atoms with Gasteiger partial charge in [0.15, 0.2) is 4.34 Å². The number of hydrogen-bond acceptors (Lipinski definition) is 9. The smallest absolute Gasteiger partial charge is 0.301 e. The lowest BCUT2D eigenvalue weighted by Crippen LogP contribution is -2.29. The molecular weight excluding hydrogens is 643 g/mol. The third-order valence-electron chi connectivity index (χ3n) is 8.64. The summed E-state index contributed by atoms with van der Waals surface area (Å²) < 4.78 is 12.6. The highest BCUT2D eigenvalue weighted by Crippen LogP contribution is 2.45. The quantitative estimate of drug-likeness (QED) is 0.0371. The number of aliphatic hydroxyl groups is 1. The van der Waals surface area contributed by atoms with Crippen molar-refractivity contribution in [2.24, 2.45) is 0 Å². The molecule has 48 heavy (non-hydrogen) atoms. The number of amides is 1. The monoisotopic (exact) mass is 677 g/mol. The van der Waals surface area contributed by atoms with Crippen LogP contribution in [0.3, 0.4) is 0 Å². The molecule has 0 radical (unpaired) electrons. The lowest BCUT2D eigenvalue weighted by Gasteiger charge is -2.23. The Morgan fingerprint density at radius 1 is 1.02 bits per heavy atom. The Bertz CT molecular complexity index is 2030. The molecule has 0 spiro atoms. The van der Waals surface area contributed by atoms with Crippen LogP contribution >= 0.6 is 23.1 Å². The Labute approximate surface area is 287 Å². The van der Waals surface area contributed by atoms with Gasteiger partial charge < -0.3 is 14.6 Å². The molecule has 10 heteroatoms. The Balaban J connectivity index is 1.24. The Kier molecular flexibility index (Phi) is 9.19. The largest absolute Gasteiger partial charge is 0.507 e. The number of ketones is 1. The van der Waals surface area contributed by atoms with Gasteiger partial charge in [0.25, 0.3) is 5.78 Å². The Morgan fingerprint density at radius 2 is 1.85 bits per heavy atom. The number of Topliss-reactive ketones (excluding diaryl/α,β-unsaturated/α-hetero) is 1. The molecule has 2 atom stereocenters. The number of fused-ring (bicyclic) bond motifs is 2. The van der Waals surface area contributed by atoms with E-state index in [9.17, 15) is 14.7 Å². The van der Waals surface area contributed by atoms with Gasteiger partial charge in [0, 0.05) is 17.7 Å². The van der Waals surface area contributed by atoms with E-state index in [1.807, 2.05) is 55.5 Å². The summed E-state index contributed by atoms with van der Waals surface area (Å²) >= 11 is 2.78. The van der Waals surface area contributed by atoms with Crippen LogP contribution in [0.2, 0.25) is 0 Å². The van der Waals surface area contributed by atoms with E-state index in [1.165, 1.54) is 44.3 Å². The maximum Gasteiger partial charge on any atom is 0.301 e. The summed E-state index contributed by atoms with van der Waals surface area (Å²) in [5.74, 6) is 0.254. The van der Waals surface area contributed by atoms with Gasteiger partial charge in [-0.05, 0) is 71.1 Å². The maximum atomic E-state index is 13.8. The van der Waals surface area contributed by atoms with Crippen molar-refractivity contribution < 1.29 is 24.2 Å². The molecule has 1 N–H and O–H groups in total. The molecule has 0 aliphatic carbocycles. The maximum absolute atomic E-state index is 13.8. The molecule has 0 saturated carbocycles. The van der Waals surface area contributed by atoms with E-state index < -0.39 is 17.7 Å². The zero-order chi connectivity index (χ0) is 33.2. The SMILES string of the molecule is CCCCCOc1cccc([C@@H]2/C(=C(\O)c3ccc4c(c3)C[C@@H](C)O4)C(=O)C(=O)N2c2nnc(SCc3cccc4ccccc34)s2)c1. The summed E-state index contributed by atoms with van der Waals surface area (Å²) in [5.41, 5.74) is 3.18. The highest BCUT2D eigenvalue weighted by Gasteiger charge is 2.48. The second kappa shape index (κ2) is 13.8. The van der Waals surface area contributed by atoms with Crippen LogP contribution in [0, 0.1) is 0 Å². The van der Waals surface area contributed by atoms with Gasteiger partial charge in [-0.3, -0.25) is 14.5 Å². The van der Waals surface area contributed by atoms with Gasteiger partial charge in [-0.1, -0.05) is 97.5 Å². The first-order valence-electron chi connectivity index (χ1n) is 16.2. The van der Waals surface area contributed by atoms with E-state index in [-0.39, 0.29) is 22.6 Å². The first-order chi connectivity index (χ1) is 23.4. The molecular formula is C38H35N3O5S2. The predicted molar refractivity (Wildman–Crippen MR) is 190 cm³/mol. The minimum atomic E-state index is -0.934. The number of anilines is 1. The molecule has 1 amide bonds. The molecule has 1 saturated heterocycles. The summed E-state index contributed by atoms with van der Waals surface area (Å²) in [6.45, 7) is 4.68. The fourth-order valence-corrected chi connectivity index (χ4v) is 8.17. The number of benzene rings is 4. The molecule has 2 aliphatic heterocycles. The third-order valence-corrected chi connectivity index (χ3v) is 10.7. The molecule has 1 aromatic heterocycles. The van der Waals surface area contributed by atoms with Crippen LogP contribution in [-0.4, -0.2) is 39.7 Å². The molecule has 244 valence electrons. The van der Waals surface area contributed by atoms with E-state index in [4.69, 9.17) is 9.47 Å². The van der Waals surface area contributed by atoms with Gasteiger partial charge in [-0.2, -0.15) is 0 Å². The summed E-state index contributed by atoms with van der Waals surface area (Å²) in [6.07, 6.45) is 3.77.